The molecule has 10 atom stereocenters. The molecular formula is C17H26O12. The Hall–Kier alpha value is -1.35. The topological polar surface area (TPSA) is 196 Å². The molecule has 2 heterocycles. The fourth-order valence-corrected chi connectivity index (χ4v) is 4.17. The number of hydrogen-bond donors (Lipinski definition) is 7. The van der Waals surface area contributed by atoms with Crippen molar-refractivity contribution >= 4 is 5.97 Å². The second kappa shape index (κ2) is 7.72. The first-order valence-electron chi connectivity index (χ1n) is 9.02. The van der Waals surface area contributed by atoms with Gasteiger partial charge in [-0.3, -0.25) is 0 Å². The van der Waals surface area contributed by atoms with Gasteiger partial charge in [0.2, 0.25) is 6.29 Å². The minimum absolute atomic E-state index is 0.338. The molecule has 0 bridgehead atoms. The van der Waals surface area contributed by atoms with Crippen molar-refractivity contribution in [1.29, 1.82) is 0 Å². The van der Waals surface area contributed by atoms with Crippen LogP contribution in [-0.4, -0.2) is 110 Å². The van der Waals surface area contributed by atoms with Crippen LogP contribution in [0.5, 0.6) is 0 Å². The van der Waals surface area contributed by atoms with Crippen molar-refractivity contribution in [2.24, 2.45) is 5.92 Å². The third kappa shape index (κ3) is 3.44. The fraction of sp³-hybridized carbons (Fsp3) is 0.824. The molecule has 29 heavy (non-hydrogen) atoms. The number of hydrogen-bond acceptors (Lipinski definition) is 12. The van der Waals surface area contributed by atoms with Gasteiger partial charge in [0.1, 0.15) is 35.6 Å². The molecule has 0 aromatic heterocycles. The average Bonchev–Trinajstić information content (AvgIpc) is 2.86. The Labute approximate surface area is 165 Å². The van der Waals surface area contributed by atoms with Crippen molar-refractivity contribution in [2.45, 2.75) is 67.6 Å². The van der Waals surface area contributed by atoms with Crippen LogP contribution in [0.15, 0.2) is 11.8 Å². The number of ether oxygens (including phenoxy) is 4. The lowest BCUT2D eigenvalue weighted by atomic mass is 9.77. The Balaban J connectivity index is 1.92. The summed E-state index contributed by atoms with van der Waals surface area (Å²) in [5.41, 5.74) is -4.41. The van der Waals surface area contributed by atoms with E-state index in [1.165, 1.54) is 6.92 Å². The van der Waals surface area contributed by atoms with E-state index in [2.05, 4.69) is 4.74 Å². The molecule has 3 aliphatic rings. The molecule has 12 nitrogen and oxygen atoms in total. The molecule has 1 aliphatic carbocycles. The first-order chi connectivity index (χ1) is 13.5. The van der Waals surface area contributed by atoms with Crippen LogP contribution < -0.4 is 0 Å². The molecule has 2 fully saturated rings. The number of rotatable bonds is 4. The minimum atomic E-state index is -2.09. The Morgan fingerprint density at radius 1 is 1.17 bits per heavy atom. The van der Waals surface area contributed by atoms with Crippen molar-refractivity contribution in [3.8, 4) is 0 Å². The summed E-state index contributed by atoms with van der Waals surface area (Å²) >= 11 is 0. The number of fused-ring (bicyclic) bond motifs is 1. The molecule has 1 saturated carbocycles. The lowest BCUT2D eigenvalue weighted by molar-refractivity contribution is -0.352. The van der Waals surface area contributed by atoms with Crippen LogP contribution >= 0.6 is 0 Å². The predicted octanol–water partition coefficient (Wildman–Crippen LogP) is -3.92. The summed E-state index contributed by atoms with van der Waals surface area (Å²) in [4.78, 5) is 12.1. The van der Waals surface area contributed by atoms with Crippen LogP contribution in [0.4, 0.5) is 0 Å². The largest absolute Gasteiger partial charge is 0.471 e. The molecule has 7 N–H and O–H groups in total. The molecule has 3 rings (SSSR count). The van der Waals surface area contributed by atoms with Gasteiger partial charge in [-0.05, 0) is 6.92 Å². The molecule has 12 heteroatoms. The lowest BCUT2D eigenvalue weighted by Gasteiger charge is -2.46. The van der Waals surface area contributed by atoms with Gasteiger partial charge in [-0.15, -0.1) is 0 Å². The van der Waals surface area contributed by atoms with Gasteiger partial charge in [-0.25, -0.2) is 4.79 Å². The van der Waals surface area contributed by atoms with Crippen molar-refractivity contribution < 1.29 is 59.5 Å². The molecule has 0 spiro atoms. The standard InChI is InChI=1S/C17H26O12/c1-16(24)8(19)3-17(25)6(13(23)26-2)5-27-15(12(16)17)29-14-11(22)10(21)9(20)7(4-18)28-14/h5,7-12,14-15,18-22,24-25H,3-4H2,1-2H3/t7-,8-,9-,10+,11-,12?,14+,15+,16+,17+/m1/s1. The molecule has 2 aliphatic heterocycles. The Bertz CT molecular complexity index is 663. The van der Waals surface area contributed by atoms with E-state index in [1.54, 1.807) is 0 Å². The predicted molar refractivity (Wildman–Crippen MR) is 89.5 cm³/mol. The molecule has 0 aromatic rings. The van der Waals surface area contributed by atoms with Crippen LogP contribution in [0.3, 0.4) is 0 Å². The molecule has 1 unspecified atom stereocenters. The van der Waals surface area contributed by atoms with Gasteiger partial charge in [0.05, 0.1) is 37.6 Å². The van der Waals surface area contributed by atoms with Crippen molar-refractivity contribution in [1.82, 2.24) is 0 Å². The number of esters is 1. The van der Waals surface area contributed by atoms with E-state index < -0.39 is 79.2 Å². The first kappa shape index (κ1) is 22.3. The number of methoxy groups -OCH3 is 1. The number of aliphatic hydroxyl groups is 7. The van der Waals surface area contributed by atoms with E-state index >= 15 is 0 Å². The zero-order valence-corrected chi connectivity index (χ0v) is 15.8. The third-order valence-corrected chi connectivity index (χ3v) is 5.90. The maximum Gasteiger partial charge on any atom is 0.339 e. The molecule has 0 amide bonds. The smallest absolute Gasteiger partial charge is 0.339 e. The molecule has 0 aromatic carbocycles. The first-order valence-corrected chi connectivity index (χ1v) is 9.02. The van der Waals surface area contributed by atoms with E-state index in [9.17, 15) is 40.5 Å². The van der Waals surface area contributed by atoms with Gasteiger partial charge in [-0.1, -0.05) is 0 Å². The monoisotopic (exact) mass is 422 g/mol. The maximum absolute atomic E-state index is 12.1. The molecular weight excluding hydrogens is 396 g/mol. The summed E-state index contributed by atoms with van der Waals surface area (Å²) in [5.74, 6) is -2.36. The SMILES string of the molecule is COC(=O)C1=CO[C@@H](O[C@@H]2O[C@H](CO)[C@@H](O)[C@H](O)[C@H]2O)C2[C@]1(O)C[C@@H](O)[C@]2(C)O. The average molecular weight is 422 g/mol. The molecule has 166 valence electrons. The van der Waals surface area contributed by atoms with Gasteiger partial charge in [0.15, 0.2) is 6.29 Å². The Morgan fingerprint density at radius 3 is 2.41 bits per heavy atom. The van der Waals surface area contributed by atoms with Crippen molar-refractivity contribution in [3.05, 3.63) is 11.8 Å². The highest BCUT2D eigenvalue weighted by Gasteiger charge is 2.67. The summed E-state index contributed by atoms with van der Waals surface area (Å²) < 4.78 is 20.7. The number of aliphatic hydroxyl groups excluding tert-OH is 5. The highest BCUT2D eigenvalue weighted by Crippen LogP contribution is 2.52. The second-order valence-corrected chi connectivity index (χ2v) is 7.71. The second-order valence-electron chi connectivity index (χ2n) is 7.71. The van der Waals surface area contributed by atoms with Crippen LogP contribution in [0, 0.1) is 5.92 Å². The lowest BCUT2D eigenvalue weighted by Crippen LogP contribution is -2.62. The molecule has 1 saturated heterocycles. The summed E-state index contributed by atoms with van der Waals surface area (Å²) in [6.07, 6.45) is -10.5. The fourth-order valence-electron chi connectivity index (χ4n) is 4.17. The van der Waals surface area contributed by atoms with E-state index in [0.29, 0.717) is 0 Å². The third-order valence-electron chi connectivity index (χ3n) is 5.90. The van der Waals surface area contributed by atoms with Crippen molar-refractivity contribution in [3.63, 3.8) is 0 Å². The van der Waals surface area contributed by atoms with Gasteiger partial charge in [-0.2, -0.15) is 0 Å². The maximum atomic E-state index is 12.1. The van der Waals surface area contributed by atoms with Gasteiger partial charge in [0, 0.05) is 6.42 Å². The zero-order valence-electron chi connectivity index (χ0n) is 15.8. The highest BCUT2D eigenvalue weighted by atomic mass is 16.8. The summed E-state index contributed by atoms with van der Waals surface area (Å²) in [7, 11) is 1.08. The van der Waals surface area contributed by atoms with Crippen LogP contribution in [0.1, 0.15) is 13.3 Å². The number of carbonyl (C=O) groups excluding carboxylic acids is 1. The van der Waals surface area contributed by atoms with E-state index in [4.69, 9.17) is 14.2 Å². The van der Waals surface area contributed by atoms with Gasteiger partial charge >= 0.3 is 5.97 Å². The summed E-state index contributed by atoms with van der Waals surface area (Å²) in [6.45, 7) is 0.528. The Kier molecular flexibility index (Phi) is 5.95. The van der Waals surface area contributed by atoms with E-state index in [0.717, 1.165) is 13.4 Å². The van der Waals surface area contributed by atoms with Crippen LogP contribution in [0.2, 0.25) is 0 Å². The van der Waals surface area contributed by atoms with Gasteiger partial charge in [0.25, 0.3) is 0 Å². The van der Waals surface area contributed by atoms with Crippen molar-refractivity contribution in [2.75, 3.05) is 13.7 Å². The van der Waals surface area contributed by atoms with E-state index in [1.807, 2.05) is 0 Å². The minimum Gasteiger partial charge on any atom is -0.471 e. The quantitative estimate of drug-likeness (QED) is 0.218. The summed E-state index contributed by atoms with van der Waals surface area (Å²) in [6, 6.07) is 0. The Morgan fingerprint density at radius 2 is 1.83 bits per heavy atom. The normalized spacial score (nSPS) is 49.8. The number of carbonyl (C=O) groups is 1. The van der Waals surface area contributed by atoms with Gasteiger partial charge < -0.3 is 54.7 Å². The van der Waals surface area contributed by atoms with Crippen LogP contribution in [0.25, 0.3) is 0 Å². The van der Waals surface area contributed by atoms with Crippen LogP contribution in [-0.2, 0) is 23.7 Å². The zero-order chi connectivity index (χ0) is 21.7. The van der Waals surface area contributed by atoms with E-state index in [-0.39, 0.29) is 5.57 Å². The molecule has 0 radical (unpaired) electrons. The summed E-state index contributed by atoms with van der Waals surface area (Å²) in [5, 5.41) is 71.4. The highest BCUT2D eigenvalue weighted by molar-refractivity contribution is 5.91.